The van der Waals surface area contributed by atoms with Crippen LogP contribution in [0.2, 0.25) is 0 Å². The van der Waals surface area contributed by atoms with Crippen molar-refractivity contribution in [2.24, 2.45) is 0 Å². The first-order valence-electron chi connectivity index (χ1n) is 4.54. The topological polar surface area (TPSA) is 44.8 Å². The van der Waals surface area contributed by atoms with Crippen molar-refractivity contribution in [3.8, 4) is 0 Å². The molecule has 0 aromatic heterocycles. The van der Waals surface area contributed by atoms with Crippen molar-refractivity contribution < 1.29 is 18.3 Å². The van der Waals surface area contributed by atoms with Crippen LogP contribution < -0.4 is 0 Å². The molecule has 0 atom stereocenters. The standard InChI is InChI=1S/C10H17O4P/c1-5-8-13-15(11,14-9-6-2)10(4)12-7-3/h5-6H,1-2,4,7-9H2,3H3. The maximum absolute atomic E-state index is 12.1. The molecular formula is C10H17O4P. The molecule has 0 saturated carbocycles. The fraction of sp³-hybridized carbons (Fsp3) is 0.400. The van der Waals surface area contributed by atoms with E-state index in [1.54, 1.807) is 6.92 Å². The van der Waals surface area contributed by atoms with Crippen molar-refractivity contribution in [1.82, 2.24) is 0 Å². The average molecular weight is 232 g/mol. The summed E-state index contributed by atoms with van der Waals surface area (Å²) < 4.78 is 27.2. The first kappa shape index (κ1) is 14.2. The Morgan fingerprint density at radius 1 is 1.27 bits per heavy atom. The molecule has 86 valence electrons. The van der Waals surface area contributed by atoms with Crippen molar-refractivity contribution in [3.63, 3.8) is 0 Å². The SMILES string of the molecule is C=CCOP(=O)(OCC=C)C(=C)OCC. The summed E-state index contributed by atoms with van der Waals surface area (Å²) in [5.74, 6) is 0. The van der Waals surface area contributed by atoms with E-state index in [1.807, 2.05) is 0 Å². The average Bonchev–Trinajstić information content (AvgIpc) is 2.24. The van der Waals surface area contributed by atoms with E-state index >= 15 is 0 Å². The minimum atomic E-state index is -3.42. The van der Waals surface area contributed by atoms with E-state index in [0.717, 1.165) is 0 Å². The molecule has 0 aliphatic carbocycles. The lowest BCUT2D eigenvalue weighted by Crippen LogP contribution is -2.01. The van der Waals surface area contributed by atoms with E-state index in [9.17, 15) is 4.57 Å². The van der Waals surface area contributed by atoms with E-state index in [1.165, 1.54) is 12.2 Å². The third-order valence-corrected chi connectivity index (χ3v) is 3.06. The van der Waals surface area contributed by atoms with Gasteiger partial charge in [0.2, 0.25) is 5.50 Å². The quantitative estimate of drug-likeness (QED) is 0.348. The summed E-state index contributed by atoms with van der Waals surface area (Å²) in [7, 11) is -3.42. The predicted molar refractivity (Wildman–Crippen MR) is 60.7 cm³/mol. The first-order chi connectivity index (χ1) is 7.10. The predicted octanol–water partition coefficient (Wildman–Crippen LogP) is 3.09. The van der Waals surface area contributed by atoms with Crippen LogP contribution in [-0.2, 0) is 18.3 Å². The van der Waals surface area contributed by atoms with Gasteiger partial charge in [0.1, 0.15) is 0 Å². The minimum Gasteiger partial charge on any atom is -0.487 e. The molecule has 0 aliphatic rings. The van der Waals surface area contributed by atoms with E-state index in [0.29, 0.717) is 6.61 Å². The van der Waals surface area contributed by atoms with Crippen molar-refractivity contribution in [2.45, 2.75) is 6.92 Å². The highest BCUT2D eigenvalue weighted by Gasteiger charge is 2.29. The second kappa shape index (κ2) is 7.46. The Labute approximate surface area is 90.8 Å². The Morgan fingerprint density at radius 3 is 2.07 bits per heavy atom. The highest BCUT2D eigenvalue weighted by molar-refractivity contribution is 7.58. The summed E-state index contributed by atoms with van der Waals surface area (Å²) in [6.07, 6.45) is 2.95. The molecule has 0 N–H and O–H groups in total. The molecule has 0 fully saturated rings. The molecule has 0 aliphatic heterocycles. The third-order valence-electron chi connectivity index (χ3n) is 1.34. The first-order valence-corrected chi connectivity index (χ1v) is 6.08. The molecule has 0 bridgehead atoms. The molecule has 5 heteroatoms. The molecule has 0 aromatic rings. The fourth-order valence-electron chi connectivity index (χ4n) is 0.729. The van der Waals surface area contributed by atoms with Crippen LogP contribution >= 0.6 is 7.60 Å². The Bertz CT molecular complexity index is 257. The molecule has 0 rings (SSSR count). The van der Waals surface area contributed by atoms with Crippen molar-refractivity contribution in [2.75, 3.05) is 19.8 Å². The van der Waals surface area contributed by atoms with Gasteiger partial charge >= 0.3 is 7.60 Å². The van der Waals surface area contributed by atoms with Gasteiger partial charge in [-0.3, -0.25) is 13.6 Å². The van der Waals surface area contributed by atoms with Gasteiger partial charge in [-0.1, -0.05) is 12.2 Å². The van der Waals surface area contributed by atoms with Gasteiger partial charge in [-0.15, -0.1) is 13.2 Å². The zero-order chi connectivity index (χ0) is 11.7. The van der Waals surface area contributed by atoms with Crippen LogP contribution in [-0.4, -0.2) is 19.8 Å². The maximum atomic E-state index is 12.1. The van der Waals surface area contributed by atoms with Gasteiger partial charge in [-0.05, 0) is 13.5 Å². The zero-order valence-electron chi connectivity index (χ0n) is 8.98. The van der Waals surface area contributed by atoms with Crippen LogP contribution in [0.25, 0.3) is 0 Å². The number of rotatable bonds is 9. The largest absolute Gasteiger partial charge is 0.487 e. The third kappa shape index (κ3) is 4.98. The summed E-state index contributed by atoms with van der Waals surface area (Å²) >= 11 is 0. The molecule has 0 heterocycles. The highest BCUT2D eigenvalue weighted by atomic mass is 31.2. The molecule has 0 spiro atoms. The van der Waals surface area contributed by atoms with Crippen LogP contribution in [0.1, 0.15) is 6.92 Å². The number of hydrogen-bond acceptors (Lipinski definition) is 4. The summed E-state index contributed by atoms with van der Waals surface area (Å²) in [5, 5.41) is 0. The summed E-state index contributed by atoms with van der Waals surface area (Å²) in [4.78, 5) is 0. The minimum absolute atomic E-state index is 0.00806. The summed E-state index contributed by atoms with van der Waals surface area (Å²) in [6.45, 7) is 12.8. The van der Waals surface area contributed by atoms with E-state index in [2.05, 4.69) is 19.7 Å². The molecular weight excluding hydrogens is 215 g/mol. The van der Waals surface area contributed by atoms with Gasteiger partial charge in [-0.2, -0.15) is 0 Å². The van der Waals surface area contributed by atoms with Crippen molar-refractivity contribution in [3.05, 3.63) is 37.4 Å². The summed E-state index contributed by atoms with van der Waals surface area (Å²) in [6, 6.07) is 0. The normalized spacial score (nSPS) is 10.7. The second-order valence-electron chi connectivity index (χ2n) is 2.49. The maximum Gasteiger partial charge on any atom is 0.395 e. The lowest BCUT2D eigenvalue weighted by Gasteiger charge is -2.18. The van der Waals surface area contributed by atoms with Gasteiger partial charge in [-0.25, -0.2) is 0 Å². The molecule has 0 unspecified atom stereocenters. The lowest BCUT2D eigenvalue weighted by atomic mass is 10.7. The molecule has 0 radical (unpaired) electrons. The van der Waals surface area contributed by atoms with E-state index in [-0.39, 0.29) is 18.7 Å². The Kier molecular flexibility index (Phi) is 7.05. The van der Waals surface area contributed by atoms with Gasteiger partial charge in [0.25, 0.3) is 0 Å². The van der Waals surface area contributed by atoms with Crippen LogP contribution in [0.3, 0.4) is 0 Å². The van der Waals surface area contributed by atoms with Crippen LogP contribution in [0.4, 0.5) is 0 Å². The lowest BCUT2D eigenvalue weighted by molar-refractivity contribution is 0.193. The molecule has 4 nitrogen and oxygen atoms in total. The Balaban J connectivity index is 4.51. The van der Waals surface area contributed by atoms with Crippen LogP contribution in [0, 0.1) is 0 Å². The molecule has 0 amide bonds. The van der Waals surface area contributed by atoms with Gasteiger partial charge in [0.15, 0.2) is 0 Å². The Hall–Kier alpha value is -0.830. The summed E-state index contributed by atoms with van der Waals surface area (Å²) in [5.41, 5.74) is 0.00806. The number of hydrogen-bond donors (Lipinski definition) is 0. The zero-order valence-corrected chi connectivity index (χ0v) is 9.87. The van der Waals surface area contributed by atoms with E-state index < -0.39 is 7.60 Å². The van der Waals surface area contributed by atoms with Crippen LogP contribution in [0.15, 0.2) is 37.4 Å². The number of ether oxygens (including phenoxy) is 1. The monoisotopic (exact) mass is 232 g/mol. The fourth-order valence-corrected chi connectivity index (χ4v) is 1.98. The van der Waals surface area contributed by atoms with Crippen LogP contribution in [0.5, 0.6) is 0 Å². The van der Waals surface area contributed by atoms with Gasteiger partial charge < -0.3 is 4.74 Å². The Morgan fingerprint density at radius 2 is 1.73 bits per heavy atom. The second-order valence-corrected chi connectivity index (χ2v) is 4.50. The molecule has 15 heavy (non-hydrogen) atoms. The van der Waals surface area contributed by atoms with Crippen molar-refractivity contribution >= 4 is 7.60 Å². The van der Waals surface area contributed by atoms with Crippen molar-refractivity contribution in [1.29, 1.82) is 0 Å². The van der Waals surface area contributed by atoms with Gasteiger partial charge in [0.05, 0.1) is 19.8 Å². The molecule has 0 saturated heterocycles. The smallest absolute Gasteiger partial charge is 0.395 e. The molecule has 0 aromatic carbocycles. The highest BCUT2D eigenvalue weighted by Crippen LogP contribution is 2.55. The van der Waals surface area contributed by atoms with E-state index in [4.69, 9.17) is 13.8 Å². The van der Waals surface area contributed by atoms with Gasteiger partial charge in [0, 0.05) is 0 Å².